The molecule has 0 unspecified atom stereocenters. The monoisotopic (exact) mass is 450 g/mol. The van der Waals surface area contributed by atoms with E-state index in [2.05, 4.69) is 21.8 Å². The minimum atomic E-state index is -1.55. The average Bonchev–Trinajstić information content (AvgIpc) is 3.52. The van der Waals surface area contributed by atoms with Crippen molar-refractivity contribution in [3.8, 4) is 17.3 Å². The summed E-state index contributed by atoms with van der Waals surface area (Å²) in [4.78, 5) is 38.9. The Labute approximate surface area is 191 Å². The molecule has 2 aliphatic rings. The highest BCUT2D eigenvalue weighted by atomic mass is 16.3. The number of rotatable bonds is 6. The normalized spacial score (nSPS) is 17.8. The van der Waals surface area contributed by atoms with Crippen LogP contribution in [0.2, 0.25) is 0 Å². The molecule has 172 valence electrons. The number of carbonyl (C=O) groups is 3. The summed E-state index contributed by atoms with van der Waals surface area (Å²) in [6.07, 6.45) is 1.70. The molecule has 0 radical (unpaired) electrons. The van der Waals surface area contributed by atoms with Gasteiger partial charge < -0.3 is 20.6 Å². The Hall–Kier alpha value is -3.71. The van der Waals surface area contributed by atoms with Gasteiger partial charge >= 0.3 is 0 Å². The van der Waals surface area contributed by atoms with Gasteiger partial charge in [0.25, 0.3) is 11.8 Å². The molecule has 1 aliphatic carbocycles. The quantitative estimate of drug-likeness (QED) is 0.611. The van der Waals surface area contributed by atoms with Crippen molar-refractivity contribution in [1.29, 1.82) is 5.26 Å². The second-order valence-electron chi connectivity index (χ2n) is 9.09. The SMILES string of the molecule is C[C@H]1CN(CNC(=O)C(C)(C)O)C(=O)c2cc(-c3ccc(C#N)cc3NC(=O)C3CC3)nn21. The predicted molar refractivity (Wildman–Crippen MR) is 119 cm³/mol. The van der Waals surface area contributed by atoms with Gasteiger partial charge in [0.1, 0.15) is 11.3 Å². The van der Waals surface area contributed by atoms with E-state index in [0.29, 0.717) is 34.7 Å². The fraction of sp³-hybridized carbons (Fsp3) is 0.435. The molecule has 1 fully saturated rings. The van der Waals surface area contributed by atoms with E-state index < -0.39 is 11.5 Å². The summed E-state index contributed by atoms with van der Waals surface area (Å²) in [5.74, 6) is -0.974. The largest absolute Gasteiger partial charge is 0.381 e. The molecule has 0 spiro atoms. The summed E-state index contributed by atoms with van der Waals surface area (Å²) >= 11 is 0. The lowest BCUT2D eigenvalue weighted by molar-refractivity contribution is -0.137. The first kappa shape index (κ1) is 22.5. The minimum absolute atomic E-state index is 0.00643. The molecule has 33 heavy (non-hydrogen) atoms. The van der Waals surface area contributed by atoms with Crippen molar-refractivity contribution >= 4 is 23.4 Å². The number of nitriles is 1. The Bertz CT molecular complexity index is 1170. The zero-order chi connectivity index (χ0) is 23.9. The smallest absolute Gasteiger partial charge is 0.273 e. The van der Waals surface area contributed by atoms with Crippen molar-refractivity contribution in [3.05, 3.63) is 35.5 Å². The van der Waals surface area contributed by atoms with Gasteiger partial charge in [-0.3, -0.25) is 19.1 Å². The lowest BCUT2D eigenvalue weighted by atomic mass is 10.1. The van der Waals surface area contributed by atoms with Gasteiger partial charge in [-0.2, -0.15) is 10.4 Å². The van der Waals surface area contributed by atoms with Crippen molar-refractivity contribution in [1.82, 2.24) is 20.0 Å². The van der Waals surface area contributed by atoms with Crippen LogP contribution in [0.15, 0.2) is 24.3 Å². The van der Waals surface area contributed by atoms with Crippen LogP contribution in [0.3, 0.4) is 0 Å². The number of nitrogens with one attached hydrogen (secondary N) is 2. The van der Waals surface area contributed by atoms with E-state index in [1.807, 2.05) is 6.92 Å². The number of anilines is 1. The Kier molecular flexibility index (Phi) is 5.68. The van der Waals surface area contributed by atoms with Crippen LogP contribution in [0.1, 0.15) is 55.7 Å². The molecule has 3 N–H and O–H groups in total. The summed E-state index contributed by atoms with van der Waals surface area (Å²) in [6.45, 7) is 4.96. The molecule has 0 bridgehead atoms. The van der Waals surface area contributed by atoms with Gasteiger partial charge in [-0.05, 0) is 57.9 Å². The summed E-state index contributed by atoms with van der Waals surface area (Å²) < 4.78 is 1.64. The van der Waals surface area contributed by atoms with Crippen LogP contribution in [0.5, 0.6) is 0 Å². The average molecular weight is 450 g/mol. The third-order valence-corrected chi connectivity index (χ3v) is 5.76. The lowest BCUT2D eigenvalue weighted by Gasteiger charge is -2.32. The lowest BCUT2D eigenvalue weighted by Crippen LogP contribution is -2.51. The van der Waals surface area contributed by atoms with Crippen molar-refractivity contribution in [3.63, 3.8) is 0 Å². The van der Waals surface area contributed by atoms with Crippen molar-refractivity contribution in [2.75, 3.05) is 18.5 Å². The number of carbonyl (C=O) groups excluding carboxylic acids is 3. The van der Waals surface area contributed by atoms with Crippen LogP contribution in [0, 0.1) is 17.2 Å². The van der Waals surface area contributed by atoms with E-state index in [0.717, 1.165) is 12.8 Å². The number of benzene rings is 1. The number of hydrogen-bond donors (Lipinski definition) is 3. The maximum absolute atomic E-state index is 13.1. The van der Waals surface area contributed by atoms with E-state index >= 15 is 0 Å². The van der Waals surface area contributed by atoms with E-state index in [-0.39, 0.29) is 30.4 Å². The highest BCUT2D eigenvalue weighted by Gasteiger charge is 2.33. The van der Waals surface area contributed by atoms with E-state index in [1.54, 1.807) is 28.9 Å². The standard InChI is InChI=1S/C23H26N6O4/c1-13-11-28(12-25-22(32)23(2,3)33)21(31)19-9-18(27-29(13)19)16-7-4-14(10-24)8-17(16)26-20(30)15-5-6-15/h4,7-9,13,15,33H,5-6,11-12H2,1-3H3,(H,25,32)(H,26,30)/t13-/m0/s1. The molecule has 1 saturated carbocycles. The molecule has 4 rings (SSSR count). The summed E-state index contributed by atoms with van der Waals surface area (Å²) in [5, 5.41) is 29.2. The first-order valence-corrected chi connectivity index (χ1v) is 10.8. The molecule has 2 aromatic rings. The molecule has 1 atom stereocenters. The van der Waals surface area contributed by atoms with Gasteiger partial charge in [-0.1, -0.05) is 0 Å². The van der Waals surface area contributed by atoms with E-state index in [4.69, 9.17) is 0 Å². The molecule has 10 nitrogen and oxygen atoms in total. The Morgan fingerprint density at radius 2 is 2.03 bits per heavy atom. The molecule has 3 amide bonds. The van der Waals surface area contributed by atoms with Gasteiger partial charge in [-0.15, -0.1) is 0 Å². The summed E-state index contributed by atoms with van der Waals surface area (Å²) in [5.41, 5.74) is 0.818. The minimum Gasteiger partial charge on any atom is -0.381 e. The van der Waals surface area contributed by atoms with E-state index in [9.17, 15) is 24.8 Å². The van der Waals surface area contributed by atoms with Gasteiger partial charge in [0.05, 0.1) is 35.7 Å². The van der Waals surface area contributed by atoms with Crippen molar-refractivity contribution < 1.29 is 19.5 Å². The van der Waals surface area contributed by atoms with Gasteiger partial charge in [0.2, 0.25) is 5.91 Å². The highest BCUT2D eigenvalue weighted by molar-refractivity contribution is 5.99. The van der Waals surface area contributed by atoms with Gasteiger partial charge in [0, 0.05) is 18.0 Å². The molecular weight excluding hydrogens is 424 g/mol. The second-order valence-corrected chi connectivity index (χ2v) is 9.09. The molecule has 1 aliphatic heterocycles. The number of hydrogen-bond acceptors (Lipinski definition) is 6. The molecule has 0 saturated heterocycles. The maximum atomic E-state index is 13.1. The van der Waals surface area contributed by atoms with E-state index in [1.165, 1.54) is 18.7 Å². The number of aliphatic hydroxyl groups is 1. The fourth-order valence-corrected chi connectivity index (χ4v) is 3.70. The third-order valence-electron chi connectivity index (χ3n) is 5.76. The number of fused-ring (bicyclic) bond motifs is 1. The zero-order valence-corrected chi connectivity index (χ0v) is 18.8. The van der Waals surface area contributed by atoms with Crippen molar-refractivity contribution in [2.45, 2.75) is 45.3 Å². The molecule has 1 aromatic carbocycles. The van der Waals surface area contributed by atoms with Gasteiger partial charge in [0.15, 0.2) is 0 Å². The maximum Gasteiger partial charge on any atom is 0.273 e. The van der Waals surface area contributed by atoms with Gasteiger partial charge in [-0.25, -0.2) is 0 Å². The molecule has 2 heterocycles. The fourth-order valence-electron chi connectivity index (χ4n) is 3.70. The number of nitrogens with zero attached hydrogens (tertiary/aromatic N) is 4. The van der Waals surface area contributed by atoms with Crippen LogP contribution in [-0.2, 0) is 9.59 Å². The van der Waals surface area contributed by atoms with Crippen LogP contribution in [0.4, 0.5) is 5.69 Å². The second kappa shape index (κ2) is 8.33. The number of aromatic nitrogens is 2. The highest BCUT2D eigenvalue weighted by Crippen LogP contribution is 2.34. The third kappa shape index (κ3) is 4.59. The van der Waals surface area contributed by atoms with Crippen molar-refractivity contribution in [2.24, 2.45) is 5.92 Å². The summed E-state index contributed by atoms with van der Waals surface area (Å²) in [7, 11) is 0. The molecular formula is C23H26N6O4. The number of amides is 3. The summed E-state index contributed by atoms with van der Waals surface area (Å²) in [6, 6.07) is 8.53. The zero-order valence-electron chi connectivity index (χ0n) is 18.8. The topological polar surface area (TPSA) is 140 Å². The first-order chi connectivity index (χ1) is 15.6. The Morgan fingerprint density at radius 3 is 2.67 bits per heavy atom. The predicted octanol–water partition coefficient (Wildman–Crippen LogP) is 1.63. The molecule has 1 aromatic heterocycles. The van der Waals surface area contributed by atoms with Crippen LogP contribution < -0.4 is 10.6 Å². The molecule has 10 heteroatoms. The van der Waals surface area contributed by atoms with Crippen LogP contribution in [0.25, 0.3) is 11.3 Å². The Balaban J connectivity index is 1.61. The van der Waals surface area contributed by atoms with Crippen LogP contribution in [-0.4, -0.2) is 56.3 Å². The van der Waals surface area contributed by atoms with Crippen LogP contribution >= 0.6 is 0 Å². The first-order valence-electron chi connectivity index (χ1n) is 10.8. The Morgan fingerprint density at radius 1 is 1.30 bits per heavy atom.